The van der Waals surface area contributed by atoms with Crippen molar-refractivity contribution < 1.29 is 28.5 Å². The molecule has 1 aromatic rings. The van der Waals surface area contributed by atoms with Crippen LogP contribution in [0.25, 0.3) is 5.57 Å². The molecule has 2 N–H and O–H groups in total. The van der Waals surface area contributed by atoms with Crippen molar-refractivity contribution in [3.05, 3.63) is 41.0 Å². The minimum atomic E-state index is -1.45. The van der Waals surface area contributed by atoms with Gasteiger partial charge in [-0.05, 0) is 55.0 Å². The number of carbonyl (C=O) groups excluding carboxylic acids is 2. The van der Waals surface area contributed by atoms with Crippen LogP contribution >= 0.6 is 0 Å². The summed E-state index contributed by atoms with van der Waals surface area (Å²) in [5, 5.41) is 18.5. The molecule has 1 aromatic carbocycles. The Balaban J connectivity index is 1.37. The number of carbonyl (C=O) groups is 2. The fourth-order valence-corrected chi connectivity index (χ4v) is 6.61. The Morgan fingerprint density at radius 1 is 1.33 bits per heavy atom. The number of nitrogens with zero attached hydrogens (tertiary/aromatic N) is 3. The number of hydroxylamine groups is 1. The minimum absolute atomic E-state index is 0.0673. The molecule has 3 aliphatic rings. The average molecular weight is 517 g/mol. The lowest BCUT2D eigenvalue weighted by atomic mass is 9.79. The summed E-state index contributed by atoms with van der Waals surface area (Å²) < 4.78 is 25.9. The van der Waals surface area contributed by atoms with E-state index in [1.54, 1.807) is 16.4 Å². The highest BCUT2D eigenvalue weighted by molar-refractivity contribution is 7.82. The van der Waals surface area contributed by atoms with E-state index in [1.165, 1.54) is 0 Å². The lowest BCUT2D eigenvalue weighted by Crippen LogP contribution is -2.53. The topological polar surface area (TPSA) is 132 Å². The molecule has 2 fully saturated rings. The summed E-state index contributed by atoms with van der Waals surface area (Å²) >= 11 is 0. The van der Waals surface area contributed by atoms with E-state index in [-0.39, 0.29) is 37.8 Å². The molecule has 36 heavy (non-hydrogen) atoms. The van der Waals surface area contributed by atoms with Crippen LogP contribution in [-0.2, 0) is 25.3 Å². The first-order chi connectivity index (χ1) is 17.3. The molecule has 0 bridgehead atoms. The summed E-state index contributed by atoms with van der Waals surface area (Å²) in [4.78, 5) is 26.7. The van der Waals surface area contributed by atoms with Crippen molar-refractivity contribution in [1.29, 1.82) is 5.26 Å². The predicted molar refractivity (Wildman–Crippen MR) is 132 cm³/mol. The van der Waals surface area contributed by atoms with E-state index in [0.717, 1.165) is 16.7 Å². The molecule has 4 rings (SSSR count). The normalized spacial score (nSPS) is 22.9. The summed E-state index contributed by atoms with van der Waals surface area (Å²) in [5.41, 5.74) is 4.59. The molecular formula is C25H32N4O6S. The molecule has 194 valence electrons. The molecule has 0 aromatic heterocycles. The van der Waals surface area contributed by atoms with Crippen LogP contribution in [0.2, 0.25) is 0 Å². The van der Waals surface area contributed by atoms with Crippen molar-refractivity contribution in [2.75, 3.05) is 45.1 Å². The maximum atomic E-state index is 13.3. The SMILES string of the molecule is Cc1cc(C#N)ccc1C1=CCN(S(=O)CC2(C(=O)NO)CCN(C(=O)OC3CCOC3)CC2)CC1. The molecule has 0 radical (unpaired) electrons. The van der Waals surface area contributed by atoms with Gasteiger partial charge in [0.05, 0.1) is 47.0 Å². The number of rotatable bonds is 6. The largest absolute Gasteiger partial charge is 0.444 e. The van der Waals surface area contributed by atoms with Crippen LogP contribution in [0.15, 0.2) is 24.3 Å². The van der Waals surface area contributed by atoms with E-state index < -0.39 is 28.4 Å². The molecule has 0 aliphatic carbocycles. The molecule has 0 saturated carbocycles. The number of hydrogen-bond donors (Lipinski definition) is 2. The van der Waals surface area contributed by atoms with Crippen molar-refractivity contribution >= 4 is 28.6 Å². The molecule has 2 amide bonds. The summed E-state index contributed by atoms with van der Waals surface area (Å²) in [6.45, 7) is 4.54. The van der Waals surface area contributed by atoms with Crippen molar-refractivity contribution in [1.82, 2.24) is 14.7 Å². The fraction of sp³-hybridized carbons (Fsp3) is 0.560. The van der Waals surface area contributed by atoms with Gasteiger partial charge >= 0.3 is 6.09 Å². The standard InChI is InChI=1S/C25H32N4O6S/c1-18-14-19(15-26)2-3-22(18)20-4-9-29(10-5-20)36(33)17-25(23(30)27-32)7-11-28(12-8-25)24(31)35-21-6-13-34-16-21/h2-4,14,21,32H,5-13,16-17H2,1H3,(H,27,30). The van der Waals surface area contributed by atoms with Gasteiger partial charge in [-0.1, -0.05) is 12.1 Å². The zero-order valence-electron chi connectivity index (χ0n) is 20.4. The third kappa shape index (κ3) is 5.78. The highest BCUT2D eigenvalue weighted by Gasteiger charge is 2.45. The minimum Gasteiger partial charge on any atom is -0.444 e. The molecule has 3 aliphatic heterocycles. The Hall–Kier alpha value is -2.78. The van der Waals surface area contributed by atoms with Crippen molar-refractivity contribution in [2.24, 2.45) is 5.41 Å². The summed E-state index contributed by atoms with van der Waals surface area (Å²) in [6.07, 6.45) is 3.29. The van der Waals surface area contributed by atoms with E-state index in [2.05, 4.69) is 6.07 Å². The second kappa shape index (κ2) is 11.5. The third-order valence-corrected chi connectivity index (χ3v) is 8.99. The molecule has 2 unspecified atom stereocenters. The van der Waals surface area contributed by atoms with Crippen LogP contribution in [-0.4, -0.2) is 81.9 Å². The fourth-order valence-electron chi connectivity index (χ4n) is 5.00. The second-order valence-electron chi connectivity index (χ2n) is 9.55. The number of piperidine rings is 1. The molecular weight excluding hydrogens is 484 g/mol. The predicted octanol–water partition coefficient (Wildman–Crippen LogP) is 2.13. The number of ether oxygens (including phenoxy) is 2. The number of nitrogens with one attached hydrogen (secondary N) is 1. The molecule has 3 heterocycles. The van der Waals surface area contributed by atoms with Crippen molar-refractivity contribution in [3.8, 4) is 6.07 Å². The van der Waals surface area contributed by atoms with Gasteiger partial charge in [0, 0.05) is 32.6 Å². The van der Waals surface area contributed by atoms with E-state index in [0.29, 0.717) is 44.7 Å². The van der Waals surface area contributed by atoms with Gasteiger partial charge in [0.2, 0.25) is 0 Å². The van der Waals surface area contributed by atoms with Crippen LogP contribution in [0.3, 0.4) is 0 Å². The monoisotopic (exact) mass is 516 g/mol. The molecule has 0 spiro atoms. The quantitative estimate of drug-likeness (QED) is 0.437. The van der Waals surface area contributed by atoms with Crippen molar-refractivity contribution in [3.63, 3.8) is 0 Å². The van der Waals surface area contributed by atoms with Gasteiger partial charge in [-0.3, -0.25) is 10.0 Å². The summed E-state index contributed by atoms with van der Waals surface area (Å²) in [6, 6.07) is 7.76. The molecule has 11 heteroatoms. The van der Waals surface area contributed by atoms with E-state index in [1.807, 2.05) is 29.4 Å². The van der Waals surface area contributed by atoms with Crippen LogP contribution in [0, 0.1) is 23.7 Å². The number of hydrogen-bond acceptors (Lipinski definition) is 7. The molecule has 2 atom stereocenters. The lowest BCUT2D eigenvalue weighted by molar-refractivity contribution is -0.141. The van der Waals surface area contributed by atoms with Crippen molar-refractivity contribution in [2.45, 2.75) is 38.7 Å². The number of nitriles is 1. The third-order valence-electron chi connectivity index (χ3n) is 7.28. The van der Waals surface area contributed by atoms with Gasteiger partial charge in [0.25, 0.3) is 5.91 Å². The van der Waals surface area contributed by atoms with Gasteiger partial charge in [0.15, 0.2) is 0 Å². The average Bonchev–Trinajstić information content (AvgIpc) is 3.41. The van der Waals surface area contributed by atoms with Crippen LogP contribution in [0.4, 0.5) is 4.79 Å². The van der Waals surface area contributed by atoms with Gasteiger partial charge in [-0.2, -0.15) is 5.26 Å². The van der Waals surface area contributed by atoms with Crippen LogP contribution in [0.5, 0.6) is 0 Å². The van der Waals surface area contributed by atoms with E-state index >= 15 is 0 Å². The Morgan fingerprint density at radius 3 is 2.69 bits per heavy atom. The first-order valence-electron chi connectivity index (χ1n) is 12.2. The highest BCUT2D eigenvalue weighted by Crippen LogP contribution is 2.35. The first-order valence-corrected chi connectivity index (χ1v) is 13.4. The van der Waals surface area contributed by atoms with Gasteiger partial charge in [-0.25, -0.2) is 18.8 Å². The molecule has 2 saturated heterocycles. The maximum Gasteiger partial charge on any atom is 0.410 e. The Morgan fingerprint density at radius 2 is 2.11 bits per heavy atom. The highest BCUT2D eigenvalue weighted by atomic mass is 32.2. The smallest absolute Gasteiger partial charge is 0.410 e. The zero-order chi connectivity index (χ0) is 25.7. The Bertz CT molecular complexity index is 1090. The summed E-state index contributed by atoms with van der Waals surface area (Å²) in [5.74, 6) is -0.507. The zero-order valence-corrected chi connectivity index (χ0v) is 21.2. The second-order valence-corrected chi connectivity index (χ2v) is 11.0. The lowest BCUT2D eigenvalue weighted by Gasteiger charge is -2.40. The number of likely N-dealkylation sites (tertiary alicyclic amines) is 1. The molecule has 10 nitrogen and oxygen atoms in total. The maximum absolute atomic E-state index is 13.3. The number of amides is 2. The van der Waals surface area contributed by atoms with Crippen LogP contribution in [0.1, 0.15) is 42.4 Å². The van der Waals surface area contributed by atoms with E-state index in [9.17, 15) is 19.0 Å². The van der Waals surface area contributed by atoms with Gasteiger partial charge < -0.3 is 14.4 Å². The Kier molecular flexibility index (Phi) is 8.41. The van der Waals surface area contributed by atoms with Gasteiger partial charge in [-0.15, -0.1) is 0 Å². The Labute approximate surface area is 213 Å². The summed E-state index contributed by atoms with van der Waals surface area (Å²) in [7, 11) is -1.45. The number of aryl methyl sites for hydroxylation is 1. The number of benzene rings is 1. The van der Waals surface area contributed by atoms with Gasteiger partial charge in [0.1, 0.15) is 6.10 Å². The van der Waals surface area contributed by atoms with Crippen LogP contribution < -0.4 is 5.48 Å². The first kappa shape index (κ1) is 26.3. The van der Waals surface area contributed by atoms with E-state index in [4.69, 9.17) is 14.7 Å².